The highest BCUT2D eigenvalue weighted by Crippen LogP contribution is 2.29. The van der Waals surface area contributed by atoms with Gasteiger partial charge in [-0.05, 0) is 25.9 Å². The van der Waals surface area contributed by atoms with E-state index in [4.69, 9.17) is 0 Å². The molecule has 0 unspecified atom stereocenters. The topological polar surface area (TPSA) is 51.0 Å². The third kappa shape index (κ3) is 2.85. The summed E-state index contributed by atoms with van der Waals surface area (Å²) in [5, 5.41) is 6.04. The lowest BCUT2D eigenvalue weighted by Crippen LogP contribution is -2.26. The van der Waals surface area contributed by atoms with Gasteiger partial charge in [0.1, 0.15) is 0 Å². The van der Waals surface area contributed by atoms with E-state index >= 15 is 0 Å². The molecule has 4 nitrogen and oxygen atoms in total. The Hall–Kier alpha value is -0.820. The van der Waals surface area contributed by atoms with Crippen LogP contribution in [0.3, 0.4) is 0 Å². The van der Waals surface area contributed by atoms with Gasteiger partial charge >= 0.3 is 6.18 Å². The number of hydrogen-bond donors (Lipinski definition) is 1. The van der Waals surface area contributed by atoms with Crippen LogP contribution in [0.1, 0.15) is 30.5 Å². The monoisotopic (exact) mass is 257 g/mol. The van der Waals surface area contributed by atoms with Gasteiger partial charge in [-0.25, -0.2) is 0 Å². The van der Waals surface area contributed by atoms with Crippen molar-refractivity contribution in [2.24, 2.45) is 0 Å². The van der Waals surface area contributed by atoms with Crippen molar-refractivity contribution < 1.29 is 17.7 Å². The van der Waals surface area contributed by atoms with Crippen LogP contribution in [0.25, 0.3) is 0 Å². The van der Waals surface area contributed by atoms with Crippen molar-refractivity contribution in [3.05, 3.63) is 11.7 Å². The molecule has 0 saturated carbocycles. The summed E-state index contributed by atoms with van der Waals surface area (Å²) in [6.07, 6.45) is -3.05. The Morgan fingerprint density at radius 3 is 2.38 bits per heavy atom. The average molecular weight is 258 g/mol. The number of hydrogen-bond acceptors (Lipinski definition) is 4. The molecule has 0 aliphatic carbocycles. The highest BCUT2D eigenvalue weighted by atomic mass is 35.5. The van der Waals surface area contributed by atoms with E-state index in [1.165, 1.54) is 0 Å². The molecule has 2 rings (SSSR count). The zero-order valence-electron chi connectivity index (χ0n) is 8.25. The molecule has 1 saturated heterocycles. The minimum absolute atomic E-state index is 0. The van der Waals surface area contributed by atoms with Crippen LogP contribution in [0, 0.1) is 0 Å². The maximum atomic E-state index is 12.2. The maximum absolute atomic E-state index is 12.2. The van der Waals surface area contributed by atoms with Crippen molar-refractivity contribution >= 4 is 12.4 Å². The Balaban J connectivity index is 0.00000128. The summed E-state index contributed by atoms with van der Waals surface area (Å²) in [7, 11) is 0. The Kier molecular flexibility index (Phi) is 4.15. The van der Waals surface area contributed by atoms with Crippen LogP contribution in [0.4, 0.5) is 13.2 Å². The number of nitrogens with one attached hydrogen (secondary N) is 1. The molecule has 0 amide bonds. The molecule has 2 heterocycles. The molecule has 0 atom stereocenters. The van der Waals surface area contributed by atoms with E-state index in [1.54, 1.807) is 0 Å². The molecule has 0 bridgehead atoms. The Morgan fingerprint density at radius 1 is 1.25 bits per heavy atom. The average Bonchev–Trinajstić information content (AvgIpc) is 2.67. The standard InChI is InChI=1S/C8H10F3N3O.ClH/c9-8(10,11)7-13-6(15-14-7)5-1-3-12-4-2-5;/h5,12H,1-4H2;1H. The lowest BCUT2D eigenvalue weighted by Gasteiger charge is -2.18. The molecule has 1 aromatic rings. The minimum Gasteiger partial charge on any atom is -0.339 e. The first-order valence-electron chi connectivity index (χ1n) is 4.69. The van der Waals surface area contributed by atoms with Gasteiger partial charge in [0.15, 0.2) is 0 Å². The van der Waals surface area contributed by atoms with Gasteiger partial charge in [0.05, 0.1) is 0 Å². The predicted molar refractivity (Wildman–Crippen MR) is 51.4 cm³/mol. The molecule has 8 heteroatoms. The quantitative estimate of drug-likeness (QED) is 0.836. The molecule has 1 aliphatic rings. The van der Waals surface area contributed by atoms with Gasteiger partial charge in [0, 0.05) is 5.92 Å². The third-order valence-electron chi connectivity index (χ3n) is 2.38. The number of halogens is 4. The molecular formula is C8H11ClF3N3O. The number of rotatable bonds is 1. The Morgan fingerprint density at radius 2 is 1.88 bits per heavy atom. The fraction of sp³-hybridized carbons (Fsp3) is 0.750. The van der Waals surface area contributed by atoms with E-state index in [-0.39, 0.29) is 24.2 Å². The molecule has 0 spiro atoms. The predicted octanol–water partition coefficient (Wildman–Crippen LogP) is 1.98. The first-order chi connectivity index (χ1) is 7.07. The van der Waals surface area contributed by atoms with Gasteiger partial charge < -0.3 is 9.84 Å². The number of piperidine rings is 1. The largest absolute Gasteiger partial charge is 0.455 e. The minimum atomic E-state index is -4.52. The van der Waals surface area contributed by atoms with Crippen LogP contribution in [0.2, 0.25) is 0 Å². The summed E-state index contributed by atoms with van der Waals surface area (Å²) in [4.78, 5) is 3.37. The third-order valence-corrected chi connectivity index (χ3v) is 2.38. The molecule has 1 fully saturated rings. The van der Waals surface area contributed by atoms with Crippen molar-refractivity contribution in [2.75, 3.05) is 13.1 Å². The summed E-state index contributed by atoms with van der Waals surface area (Å²) in [6.45, 7) is 1.54. The van der Waals surface area contributed by atoms with Gasteiger partial charge in [0.2, 0.25) is 5.89 Å². The number of alkyl halides is 3. The van der Waals surface area contributed by atoms with Gasteiger partial charge in [-0.2, -0.15) is 18.2 Å². The van der Waals surface area contributed by atoms with Crippen LogP contribution in [0.15, 0.2) is 4.52 Å². The molecule has 1 aromatic heterocycles. The van der Waals surface area contributed by atoms with Crippen molar-refractivity contribution in [3.8, 4) is 0 Å². The lowest BCUT2D eigenvalue weighted by atomic mass is 9.98. The van der Waals surface area contributed by atoms with E-state index in [1.807, 2.05) is 0 Å². The molecule has 1 aliphatic heterocycles. The van der Waals surface area contributed by atoms with Crippen molar-refractivity contribution in [1.82, 2.24) is 15.5 Å². The maximum Gasteiger partial charge on any atom is 0.455 e. The van der Waals surface area contributed by atoms with E-state index in [9.17, 15) is 13.2 Å². The Labute approximate surface area is 96.0 Å². The molecule has 0 aromatic carbocycles. The van der Waals surface area contributed by atoms with Crippen LogP contribution in [-0.2, 0) is 6.18 Å². The lowest BCUT2D eigenvalue weighted by molar-refractivity contribution is -0.146. The first kappa shape index (κ1) is 13.2. The fourth-order valence-corrected chi connectivity index (χ4v) is 1.59. The summed E-state index contributed by atoms with van der Waals surface area (Å²) < 4.78 is 41.1. The second kappa shape index (κ2) is 5.01. The normalized spacial score (nSPS) is 18.2. The molecule has 0 radical (unpaired) electrons. The van der Waals surface area contributed by atoms with Crippen LogP contribution >= 0.6 is 12.4 Å². The fourth-order valence-electron chi connectivity index (χ4n) is 1.59. The van der Waals surface area contributed by atoms with Crippen LogP contribution < -0.4 is 5.32 Å². The Bertz CT molecular complexity index is 336. The molecule has 92 valence electrons. The van der Waals surface area contributed by atoms with Gasteiger partial charge in [-0.3, -0.25) is 0 Å². The number of nitrogens with zero attached hydrogens (tertiary/aromatic N) is 2. The summed E-state index contributed by atoms with van der Waals surface area (Å²) in [5.41, 5.74) is 0. The molecular weight excluding hydrogens is 247 g/mol. The van der Waals surface area contributed by atoms with Crippen LogP contribution in [0.5, 0.6) is 0 Å². The van der Waals surface area contributed by atoms with E-state index in [0.717, 1.165) is 25.9 Å². The number of aromatic nitrogens is 2. The van der Waals surface area contributed by atoms with E-state index in [0.29, 0.717) is 0 Å². The zero-order valence-corrected chi connectivity index (χ0v) is 9.07. The summed E-state index contributed by atoms with van der Waals surface area (Å²) in [6, 6.07) is 0. The SMILES string of the molecule is Cl.FC(F)(F)c1noc(C2CCNCC2)n1. The first-order valence-corrected chi connectivity index (χ1v) is 4.69. The van der Waals surface area contributed by atoms with E-state index < -0.39 is 12.0 Å². The smallest absolute Gasteiger partial charge is 0.339 e. The summed E-state index contributed by atoms with van der Waals surface area (Å²) >= 11 is 0. The van der Waals surface area contributed by atoms with E-state index in [2.05, 4.69) is 20.0 Å². The van der Waals surface area contributed by atoms with Crippen molar-refractivity contribution in [3.63, 3.8) is 0 Å². The summed E-state index contributed by atoms with van der Waals surface area (Å²) in [5.74, 6) is -1.13. The van der Waals surface area contributed by atoms with Gasteiger partial charge in [0.25, 0.3) is 5.82 Å². The van der Waals surface area contributed by atoms with Gasteiger partial charge in [-0.1, -0.05) is 5.16 Å². The zero-order chi connectivity index (χ0) is 10.9. The van der Waals surface area contributed by atoms with Crippen molar-refractivity contribution in [2.45, 2.75) is 24.9 Å². The molecule has 1 N–H and O–H groups in total. The molecule has 16 heavy (non-hydrogen) atoms. The van der Waals surface area contributed by atoms with Crippen LogP contribution in [-0.4, -0.2) is 23.2 Å². The highest BCUT2D eigenvalue weighted by Gasteiger charge is 2.38. The van der Waals surface area contributed by atoms with Crippen molar-refractivity contribution in [1.29, 1.82) is 0 Å². The second-order valence-electron chi connectivity index (χ2n) is 3.48. The highest BCUT2D eigenvalue weighted by molar-refractivity contribution is 5.85. The van der Waals surface area contributed by atoms with Gasteiger partial charge in [-0.15, -0.1) is 12.4 Å². The second-order valence-corrected chi connectivity index (χ2v) is 3.48.